The number of benzene rings is 1. The molecule has 8 heteroatoms. The number of carbonyl (C=O) groups excluding carboxylic acids is 2. The quantitative estimate of drug-likeness (QED) is 0.797. The van der Waals surface area contributed by atoms with Gasteiger partial charge in [-0.15, -0.1) is 11.3 Å². The van der Waals surface area contributed by atoms with E-state index in [4.69, 9.17) is 4.74 Å². The molecule has 3 rings (SSSR count). The Bertz CT molecular complexity index is 758. The van der Waals surface area contributed by atoms with Gasteiger partial charge < -0.3 is 20.3 Å². The van der Waals surface area contributed by atoms with Crippen molar-refractivity contribution < 1.29 is 14.3 Å². The summed E-state index contributed by atoms with van der Waals surface area (Å²) in [6.45, 7) is 4.26. The zero-order valence-corrected chi connectivity index (χ0v) is 16.1. The highest BCUT2D eigenvalue weighted by Gasteiger charge is 2.21. The van der Waals surface area contributed by atoms with E-state index in [1.807, 2.05) is 41.8 Å². The number of amides is 3. The average Bonchev–Trinajstić information content (AvgIpc) is 3.24. The van der Waals surface area contributed by atoms with E-state index in [9.17, 15) is 9.59 Å². The second-order valence-electron chi connectivity index (χ2n) is 6.19. The lowest BCUT2D eigenvalue weighted by Crippen LogP contribution is -2.51. The molecule has 2 aromatic rings. The Morgan fingerprint density at radius 2 is 1.89 bits per heavy atom. The van der Waals surface area contributed by atoms with Crippen LogP contribution in [0.1, 0.15) is 9.67 Å². The van der Waals surface area contributed by atoms with Crippen LogP contribution in [0.4, 0.5) is 10.5 Å². The number of carbonyl (C=O) groups is 2. The van der Waals surface area contributed by atoms with Crippen molar-refractivity contribution in [3.63, 3.8) is 0 Å². The van der Waals surface area contributed by atoms with Crippen molar-refractivity contribution in [3.8, 4) is 5.75 Å². The molecule has 3 amide bonds. The Labute approximate surface area is 162 Å². The summed E-state index contributed by atoms with van der Waals surface area (Å²) in [5.41, 5.74) is 0.670. The molecule has 1 fully saturated rings. The Morgan fingerprint density at radius 1 is 1.11 bits per heavy atom. The molecule has 144 valence electrons. The van der Waals surface area contributed by atoms with Crippen LogP contribution < -0.4 is 15.4 Å². The molecule has 1 aromatic heterocycles. The van der Waals surface area contributed by atoms with E-state index in [-0.39, 0.29) is 11.9 Å². The molecule has 0 bridgehead atoms. The molecule has 7 nitrogen and oxygen atoms in total. The predicted molar refractivity (Wildman–Crippen MR) is 107 cm³/mol. The van der Waals surface area contributed by atoms with Crippen molar-refractivity contribution in [2.75, 3.05) is 51.7 Å². The lowest BCUT2D eigenvalue weighted by Gasteiger charge is -2.34. The van der Waals surface area contributed by atoms with Crippen molar-refractivity contribution in [2.24, 2.45) is 0 Å². The first-order chi connectivity index (χ1) is 13.2. The number of nitrogens with zero attached hydrogens (tertiary/aromatic N) is 2. The third kappa shape index (κ3) is 5.21. The average molecular weight is 388 g/mol. The minimum Gasteiger partial charge on any atom is -0.495 e. The van der Waals surface area contributed by atoms with E-state index in [0.717, 1.165) is 24.5 Å². The maximum absolute atomic E-state index is 12.5. The number of hydrogen-bond donors (Lipinski definition) is 2. The monoisotopic (exact) mass is 388 g/mol. The van der Waals surface area contributed by atoms with Gasteiger partial charge in [0.25, 0.3) is 5.91 Å². The van der Waals surface area contributed by atoms with Crippen LogP contribution >= 0.6 is 11.3 Å². The van der Waals surface area contributed by atoms with Crippen molar-refractivity contribution >= 4 is 29.0 Å². The first-order valence-electron chi connectivity index (χ1n) is 8.90. The largest absolute Gasteiger partial charge is 0.495 e. The molecule has 1 aliphatic heterocycles. The summed E-state index contributed by atoms with van der Waals surface area (Å²) < 4.78 is 5.27. The normalized spacial score (nSPS) is 14.6. The summed E-state index contributed by atoms with van der Waals surface area (Å²) in [6.07, 6.45) is 0. The SMILES string of the molecule is COc1ccccc1NC(=O)N1CCN(CCNC(=O)c2cccs2)CC1. The number of piperazine rings is 1. The molecular weight excluding hydrogens is 364 g/mol. The Morgan fingerprint density at radius 3 is 2.59 bits per heavy atom. The predicted octanol–water partition coefficient (Wildman–Crippen LogP) is 2.34. The number of methoxy groups -OCH3 is 1. The molecule has 0 atom stereocenters. The third-order valence-corrected chi connectivity index (χ3v) is 5.34. The van der Waals surface area contributed by atoms with Gasteiger partial charge in [0.1, 0.15) is 5.75 Å². The minimum atomic E-state index is -0.120. The Hall–Kier alpha value is -2.58. The van der Waals surface area contributed by atoms with E-state index < -0.39 is 0 Å². The number of thiophene rings is 1. The van der Waals surface area contributed by atoms with E-state index in [0.29, 0.717) is 31.1 Å². The first kappa shape index (κ1) is 19.2. The van der Waals surface area contributed by atoms with E-state index >= 15 is 0 Å². The van der Waals surface area contributed by atoms with Crippen LogP contribution in [0.5, 0.6) is 5.75 Å². The summed E-state index contributed by atoms with van der Waals surface area (Å²) in [4.78, 5) is 29.2. The highest BCUT2D eigenvalue weighted by atomic mass is 32.1. The van der Waals surface area contributed by atoms with Gasteiger partial charge >= 0.3 is 6.03 Å². The molecular formula is C19H24N4O3S. The van der Waals surface area contributed by atoms with Gasteiger partial charge in [-0.25, -0.2) is 4.79 Å². The Balaban J connectivity index is 1.39. The van der Waals surface area contributed by atoms with Gasteiger partial charge in [0.2, 0.25) is 0 Å². The van der Waals surface area contributed by atoms with E-state index in [2.05, 4.69) is 15.5 Å². The van der Waals surface area contributed by atoms with Gasteiger partial charge in [0.15, 0.2) is 0 Å². The fourth-order valence-corrected chi connectivity index (χ4v) is 3.58. The number of urea groups is 1. The molecule has 0 aliphatic carbocycles. The zero-order chi connectivity index (χ0) is 19.1. The van der Waals surface area contributed by atoms with Crippen LogP contribution in [0.25, 0.3) is 0 Å². The number of para-hydroxylation sites is 2. The van der Waals surface area contributed by atoms with Crippen molar-refractivity contribution in [1.29, 1.82) is 0 Å². The maximum Gasteiger partial charge on any atom is 0.322 e. The third-order valence-electron chi connectivity index (χ3n) is 4.47. The van der Waals surface area contributed by atoms with Crippen LogP contribution in [-0.2, 0) is 0 Å². The summed E-state index contributed by atoms with van der Waals surface area (Å²) in [7, 11) is 1.58. The number of nitrogens with one attached hydrogen (secondary N) is 2. The topological polar surface area (TPSA) is 73.9 Å². The van der Waals surface area contributed by atoms with Gasteiger partial charge in [-0.3, -0.25) is 9.69 Å². The van der Waals surface area contributed by atoms with Crippen LogP contribution in [-0.4, -0.2) is 68.1 Å². The first-order valence-corrected chi connectivity index (χ1v) is 9.78. The number of rotatable bonds is 6. The second-order valence-corrected chi connectivity index (χ2v) is 7.14. The number of hydrogen-bond acceptors (Lipinski definition) is 5. The lowest BCUT2D eigenvalue weighted by molar-refractivity contribution is 0.0946. The summed E-state index contributed by atoms with van der Waals surface area (Å²) in [6, 6.07) is 10.9. The van der Waals surface area contributed by atoms with Gasteiger partial charge in [0.05, 0.1) is 17.7 Å². The summed E-state index contributed by atoms with van der Waals surface area (Å²) >= 11 is 1.44. The molecule has 2 heterocycles. The fourth-order valence-electron chi connectivity index (χ4n) is 2.94. The highest BCUT2D eigenvalue weighted by molar-refractivity contribution is 7.12. The van der Waals surface area contributed by atoms with Crippen LogP contribution in [0.15, 0.2) is 41.8 Å². The minimum absolute atomic E-state index is 0.0279. The second kappa shape index (κ2) is 9.38. The van der Waals surface area contributed by atoms with E-state index in [1.165, 1.54) is 11.3 Å². The van der Waals surface area contributed by atoms with Crippen molar-refractivity contribution in [2.45, 2.75) is 0 Å². The molecule has 0 saturated carbocycles. The highest BCUT2D eigenvalue weighted by Crippen LogP contribution is 2.23. The van der Waals surface area contributed by atoms with Crippen molar-refractivity contribution in [3.05, 3.63) is 46.7 Å². The molecule has 0 unspecified atom stereocenters. The van der Waals surface area contributed by atoms with Gasteiger partial charge in [-0.2, -0.15) is 0 Å². The molecule has 1 aromatic carbocycles. The maximum atomic E-state index is 12.5. The molecule has 1 saturated heterocycles. The van der Waals surface area contributed by atoms with Gasteiger partial charge in [0, 0.05) is 39.3 Å². The Kier molecular flexibility index (Phi) is 6.67. The van der Waals surface area contributed by atoms with Crippen LogP contribution in [0.2, 0.25) is 0 Å². The lowest BCUT2D eigenvalue weighted by atomic mass is 10.3. The molecule has 0 radical (unpaired) electrons. The van der Waals surface area contributed by atoms with Crippen molar-refractivity contribution in [1.82, 2.24) is 15.1 Å². The van der Waals surface area contributed by atoms with Crippen LogP contribution in [0, 0.1) is 0 Å². The molecule has 1 aliphatic rings. The molecule has 0 spiro atoms. The summed E-state index contributed by atoms with van der Waals surface area (Å²) in [5, 5.41) is 7.74. The number of anilines is 1. The van der Waals surface area contributed by atoms with Crippen LogP contribution in [0.3, 0.4) is 0 Å². The summed E-state index contributed by atoms with van der Waals surface area (Å²) in [5.74, 6) is 0.616. The standard InChI is InChI=1S/C19H24N4O3S/c1-26-16-6-3-2-5-15(16)21-19(25)23-12-10-22(11-13-23)9-8-20-18(24)17-7-4-14-27-17/h2-7,14H,8-13H2,1H3,(H,20,24)(H,21,25). The zero-order valence-electron chi connectivity index (χ0n) is 15.3. The van der Waals surface area contributed by atoms with Gasteiger partial charge in [-0.05, 0) is 23.6 Å². The molecule has 27 heavy (non-hydrogen) atoms. The fraction of sp³-hybridized carbons (Fsp3) is 0.368. The van der Waals surface area contributed by atoms with Gasteiger partial charge in [-0.1, -0.05) is 18.2 Å². The van der Waals surface area contributed by atoms with E-state index in [1.54, 1.807) is 12.0 Å². The molecule has 2 N–H and O–H groups in total. The number of ether oxygens (including phenoxy) is 1. The smallest absolute Gasteiger partial charge is 0.322 e.